The molecule has 4 rings (SSSR count). The van der Waals surface area contributed by atoms with Crippen LogP contribution in [0.15, 0.2) is 41.3 Å². The zero-order valence-corrected chi connectivity index (χ0v) is 15.1. The molecule has 2 aromatic heterocycles. The van der Waals surface area contributed by atoms with Gasteiger partial charge in [0.15, 0.2) is 0 Å². The van der Waals surface area contributed by atoms with E-state index in [-0.39, 0.29) is 13.1 Å². The van der Waals surface area contributed by atoms with Gasteiger partial charge in [0, 0.05) is 50.3 Å². The van der Waals surface area contributed by atoms with Crippen molar-refractivity contribution in [2.75, 3.05) is 31.4 Å². The van der Waals surface area contributed by atoms with Gasteiger partial charge in [-0.15, -0.1) is 0 Å². The number of alkyl halides is 2. The highest BCUT2D eigenvalue weighted by molar-refractivity contribution is 7.84. The number of H-pyrrole nitrogens is 1. The van der Waals surface area contributed by atoms with Gasteiger partial charge in [-0.25, -0.2) is 8.78 Å². The number of fused-ring (bicyclic) bond motifs is 1. The minimum atomic E-state index is -2.67. The highest BCUT2D eigenvalue weighted by Gasteiger charge is 2.44. The SMILES string of the molecule is COc1ccc2cc(-c3cc([S@@](C)=O)ccc3N3CC(F)(F)C3)[nH]c2n1. The summed E-state index contributed by atoms with van der Waals surface area (Å²) in [5, 5.41) is 0.878. The first kappa shape index (κ1) is 17.0. The Balaban J connectivity index is 1.83. The third-order valence-electron chi connectivity index (χ3n) is 4.44. The fourth-order valence-electron chi connectivity index (χ4n) is 3.11. The number of aromatic amines is 1. The fraction of sp³-hybridized carbons (Fsp3) is 0.278. The Kier molecular flexibility index (Phi) is 3.95. The summed E-state index contributed by atoms with van der Waals surface area (Å²) in [4.78, 5) is 9.83. The van der Waals surface area contributed by atoms with Gasteiger partial charge in [0.25, 0.3) is 5.92 Å². The Hall–Kier alpha value is -2.48. The fourth-order valence-corrected chi connectivity index (χ4v) is 3.66. The first-order valence-corrected chi connectivity index (χ1v) is 9.56. The molecule has 1 atom stereocenters. The van der Waals surface area contributed by atoms with E-state index >= 15 is 0 Å². The standard InChI is InChI=1S/C18H17F2N3O2S/c1-25-16-6-3-11-7-14(21-17(11)22-16)13-8-12(26(2)24)4-5-15(13)23-9-18(19,20)10-23/h3-8H,9-10H2,1-2H3,(H,21,22)/t26-/m1/s1. The zero-order valence-electron chi connectivity index (χ0n) is 14.3. The van der Waals surface area contributed by atoms with E-state index in [1.165, 1.54) is 0 Å². The average molecular weight is 377 g/mol. The van der Waals surface area contributed by atoms with Crippen molar-refractivity contribution in [2.45, 2.75) is 10.8 Å². The lowest BCUT2D eigenvalue weighted by atomic mass is 10.0. The molecular formula is C18H17F2N3O2S. The van der Waals surface area contributed by atoms with Gasteiger partial charge in [-0.2, -0.15) is 4.98 Å². The van der Waals surface area contributed by atoms with Crippen molar-refractivity contribution in [3.8, 4) is 17.1 Å². The van der Waals surface area contributed by atoms with Gasteiger partial charge in [-0.05, 0) is 30.3 Å². The monoisotopic (exact) mass is 377 g/mol. The van der Waals surface area contributed by atoms with E-state index in [0.717, 1.165) is 16.6 Å². The summed E-state index contributed by atoms with van der Waals surface area (Å²) in [6.45, 7) is -0.637. The molecule has 1 aliphatic rings. The molecular weight excluding hydrogens is 360 g/mol. The number of nitrogens with zero attached hydrogens (tertiary/aromatic N) is 2. The number of nitrogens with one attached hydrogen (secondary N) is 1. The Labute approximate surface area is 151 Å². The van der Waals surface area contributed by atoms with Crippen molar-refractivity contribution in [1.82, 2.24) is 9.97 Å². The molecule has 0 amide bonds. The molecule has 3 aromatic rings. The number of methoxy groups -OCH3 is 1. The summed E-state index contributed by atoms with van der Waals surface area (Å²) >= 11 is 0. The number of hydrogen-bond acceptors (Lipinski definition) is 4. The summed E-state index contributed by atoms with van der Waals surface area (Å²) in [6.07, 6.45) is 1.59. The molecule has 1 aromatic carbocycles. The molecule has 136 valence electrons. The summed E-state index contributed by atoms with van der Waals surface area (Å²) in [6, 6.07) is 10.8. The lowest BCUT2D eigenvalue weighted by Crippen LogP contribution is -2.56. The highest BCUT2D eigenvalue weighted by atomic mass is 32.2. The number of ether oxygens (including phenoxy) is 1. The van der Waals surface area contributed by atoms with Crippen LogP contribution in [0.4, 0.5) is 14.5 Å². The van der Waals surface area contributed by atoms with Crippen molar-refractivity contribution in [3.63, 3.8) is 0 Å². The summed E-state index contributed by atoms with van der Waals surface area (Å²) in [7, 11) is 0.369. The van der Waals surface area contributed by atoms with Crippen LogP contribution in [0.5, 0.6) is 5.88 Å². The largest absolute Gasteiger partial charge is 0.481 e. The Morgan fingerprint density at radius 3 is 2.65 bits per heavy atom. The quantitative estimate of drug-likeness (QED) is 0.757. The molecule has 0 spiro atoms. The maximum absolute atomic E-state index is 13.3. The molecule has 26 heavy (non-hydrogen) atoms. The maximum atomic E-state index is 13.3. The van der Waals surface area contributed by atoms with Gasteiger partial charge in [0.1, 0.15) is 5.65 Å². The van der Waals surface area contributed by atoms with Crippen molar-refractivity contribution in [1.29, 1.82) is 0 Å². The van der Waals surface area contributed by atoms with E-state index in [4.69, 9.17) is 4.74 Å². The number of aromatic nitrogens is 2. The number of benzene rings is 1. The Bertz CT molecular complexity index is 1010. The molecule has 0 bridgehead atoms. The Morgan fingerprint density at radius 2 is 2.00 bits per heavy atom. The normalized spacial score (nSPS) is 17.2. The molecule has 0 saturated carbocycles. The minimum Gasteiger partial charge on any atom is -0.481 e. The number of rotatable bonds is 4. The van der Waals surface area contributed by atoms with Crippen LogP contribution in [0.1, 0.15) is 0 Å². The second-order valence-corrected chi connectivity index (χ2v) is 7.70. The smallest absolute Gasteiger partial charge is 0.282 e. The van der Waals surface area contributed by atoms with Crippen molar-refractivity contribution in [2.24, 2.45) is 0 Å². The molecule has 0 radical (unpaired) electrons. The summed E-state index contributed by atoms with van der Waals surface area (Å²) < 4.78 is 43.7. The first-order chi connectivity index (χ1) is 12.4. The predicted molar refractivity (Wildman–Crippen MR) is 97.6 cm³/mol. The van der Waals surface area contributed by atoms with E-state index in [0.29, 0.717) is 22.1 Å². The lowest BCUT2D eigenvalue weighted by molar-refractivity contribution is -0.0262. The van der Waals surface area contributed by atoms with Crippen LogP contribution in [0.25, 0.3) is 22.3 Å². The van der Waals surface area contributed by atoms with Crippen LogP contribution in [0.2, 0.25) is 0 Å². The molecule has 1 aliphatic heterocycles. The molecule has 3 heterocycles. The number of hydrogen-bond donors (Lipinski definition) is 1. The molecule has 8 heteroatoms. The molecule has 1 N–H and O–H groups in total. The lowest BCUT2D eigenvalue weighted by Gasteiger charge is -2.41. The topological polar surface area (TPSA) is 58.2 Å². The average Bonchev–Trinajstić information content (AvgIpc) is 3.01. The van der Waals surface area contributed by atoms with Crippen LogP contribution in [0.3, 0.4) is 0 Å². The van der Waals surface area contributed by atoms with Gasteiger partial charge in [0.05, 0.1) is 20.2 Å². The molecule has 1 saturated heterocycles. The number of pyridine rings is 1. The summed E-state index contributed by atoms with van der Waals surface area (Å²) in [5.41, 5.74) is 2.79. The highest BCUT2D eigenvalue weighted by Crippen LogP contribution is 2.39. The van der Waals surface area contributed by atoms with Gasteiger partial charge >= 0.3 is 0 Å². The predicted octanol–water partition coefficient (Wildman–Crippen LogP) is 3.43. The second-order valence-electron chi connectivity index (χ2n) is 6.32. The molecule has 5 nitrogen and oxygen atoms in total. The number of halogens is 2. The third kappa shape index (κ3) is 2.94. The Morgan fingerprint density at radius 1 is 1.23 bits per heavy atom. The van der Waals surface area contributed by atoms with Crippen LogP contribution in [0, 0.1) is 0 Å². The third-order valence-corrected chi connectivity index (χ3v) is 5.36. The molecule has 0 aliphatic carbocycles. The minimum absolute atomic E-state index is 0.319. The maximum Gasteiger partial charge on any atom is 0.282 e. The van der Waals surface area contributed by atoms with E-state index in [9.17, 15) is 13.0 Å². The van der Waals surface area contributed by atoms with Gasteiger partial charge in [0.2, 0.25) is 5.88 Å². The summed E-state index contributed by atoms with van der Waals surface area (Å²) in [5.74, 6) is -2.18. The van der Waals surface area contributed by atoms with Gasteiger partial charge in [-0.3, -0.25) is 4.21 Å². The molecule has 0 unspecified atom stereocenters. The van der Waals surface area contributed by atoms with Crippen LogP contribution < -0.4 is 9.64 Å². The van der Waals surface area contributed by atoms with Crippen molar-refractivity contribution < 1.29 is 17.7 Å². The van der Waals surface area contributed by atoms with Gasteiger partial charge in [-0.1, -0.05) is 0 Å². The first-order valence-electron chi connectivity index (χ1n) is 8.01. The zero-order chi connectivity index (χ0) is 18.5. The van der Waals surface area contributed by atoms with Crippen LogP contribution >= 0.6 is 0 Å². The van der Waals surface area contributed by atoms with Crippen molar-refractivity contribution in [3.05, 3.63) is 36.4 Å². The van der Waals surface area contributed by atoms with Crippen LogP contribution in [-0.2, 0) is 10.8 Å². The van der Waals surface area contributed by atoms with Crippen molar-refractivity contribution >= 4 is 27.5 Å². The van der Waals surface area contributed by atoms with Gasteiger partial charge < -0.3 is 14.6 Å². The van der Waals surface area contributed by atoms with E-state index in [1.807, 2.05) is 12.1 Å². The van der Waals surface area contributed by atoms with E-state index < -0.39 is 16.7 Å². The molecule has 1 fully saturated rings. The van der Waals surface area contributed by atoms with Crippen LogP contribution in [-0.4, -0.2) is 46.6 Å². The van der Waals surface area contributed by atoms with E-state index in [1.54, 1.807) is 42.5 Å². The number of anilines is 1. The second kappa shape index (κ2) is 6.05. The van der Waals surface area contributed by atoms with E-state index in [2.05, 4.69) is 9.97 Å².